The lowest BCUT2D eigenvalue weighted by Crippen LogP contribution is -2.29. The molecular weight excluding hydrogens is 1000 g/mol. The number of rotatable bonds is 10. The van der Waals surface area contributed by atoms with Crippen molar-refractivity contribution in [3.63, 3.8) is 0 Å². The van der Waals surface area contributed by atoms with E-state index in [0.29, 0.717) is 0 Å². The molecular formula is C80H78N2O. The minimum Gasteiger partial charge on any atom is -0.455 e. The van der Waals surface area contributed by atoms with Gasteiger partial charge in [-0.2, -0.15) is 0 Å². The summed E-state index contributed by atoms with van der Waals surface area (Å²) in [6.45, 7) is 34.5. The van der Waals surface area contributed by atoms with Crippen molar-refractivity contribution in [1.29, 1.82) is 0 Å². The lowest BCUT2D eigenvalue weighted by atomic mass is 9.66. The highest BCUT2D eigenvalue weighted by Crippen LogP contribution is 2.64. The molecule has 83 heavy (non-hydrogen) atoms. The number of hydrogen-bond donors (Lipinski definition) is 0. The van der Waals surface area contributed by atoms with Crippen molar-refractivity contribution in [3.8, 4) is 11.1 Å². The minimum absolute atomic E-state index is 0.0135. The molecule has 3 heteroatoms. The van der Waals surface area contributed by atoms with E-state index in [1.165, 1.54) is 66.1 Å². The normalized spacial score (nSPS) is 13.8. The summed E-state index contributed by atoms with van der Waals surface area (Å²) >= 11 is 0. The fourth-order valence-corrected chi connectivity index (χ4v) is 13.1. The molecule has 0 radical (unpaired) electrons. The quantitative estimate of drug-likeness (QED) is 0.101. The second-order valence-electron chi connectivity index (χ2n) is 27.0. The maximum absolute atomic E-state index is 7.53. The summed E-state index contributed by atoms with van der Waals surface area (Å²) in [5.41, 5.74) is 19.1. The highest BCUT2D eigenvalue weighted by Gasteiger charge is 2.50. The number of furan rings is 1. The van der Waals surface area contributed by atoms with Crippen molar-refractivity contribution in [2.45, 2.75) is 112 Å². The van der Waals surface area contributed by atoms with Crippen LogP contribution in [0.15, 0.2) is 247 Å². The van der Waals surface area contributed by atoms with Gasteiger partial charge in [0.1, 0.15) is 11.2 Å². The van der Waals surface area contributed by atoms with Gasteiger partial charge in [-0.05, 0) is 167 Å². The van der Waals surface area contributed by atoms with Crippen LogP contribution >= 0.6 is 0 Å². The first-order chi connectivity index (χ1) is 39.6. The van der Waals surface area contributed by atoms with Crippen molar-refractivity contribution in [3.05, 3.63) is 281 Å². The Morgan fingerprint density at radius 1 is 0.446 bits per heavy atom. The average Bonchev–Trinajstić information content (AvgIpc) is 1.58. The van der Waals surface area contributed by atoms with Crippen LogP contribution < -0.4 is 9.80 Å². The monoisotopic (exact) mass is 1080 g/mol. The topological polar surface area (TPSA) is 19.6 Å². The number of fused-ring (bicyclic) bond motifs is 12. The van der Waals surface area contributed by atoms with Gasteiger partial charge >= 0.3 is 0 Å². The van der Waals surface area contributed by atoms with Gasteiger partial charge in [-0.25, -0.2) is 0 Å². The molecule has 0 saturated heterocycles. The molecule has 0 aliphatic heterocycles. The zero-order valence-corrected chi connectivity index (χ0v) is 50.9. The summed E-state index contributed by atoms with van der Waals surface area (Å²) < 4.78 is 7.53. The Morgan fingerprint density at radius 3 is 1.42 bits per heavy atom. The first-order valence-corrected chi connectivity index (χ1v) is 29.6. The van der Waals surface area contributed by atoms with Gasteiger partial charge < -0.3 is 14.2 Å². The Hall–Kier alpha value is -8.66. The summed E-state index contributed by atoms with van der Waals surface area (Å²) in [7, 11) is 0. The second kappa shape index (κ2) is 20.3. The van der Waals surface area contributed by atoms with Gasteiger partial charge in [0.2, 0.25) is 0 Å². The Morgan fingerprint density at radius 2 is 0.916 bits per heavy atom. The zero-order valence-electron chi connectivity index (χ0n) is 50.9. The molecule has 0 fully saturated rings. The van der Waals surface area contributed by atoms with E-state index in [9.17, 15) is 0 Å². The van der Waals surface area contributed by atoms with Gasteiger partial charge in [-0.3, -0.25) is 0 Å². The summed E-state index contributed by atoms with van der Waals surface area (Å²) in [5.74, 6) is 0. The summed E-state index contributed by atoms with van der Waals surface area (Å²) in [5, 5.41) is 6.83. The van der Waals surface area contributed by atoms with Crippen molar-refractivity contribution >= 4 is 71.9 Å². The van der Waals surface area contributed by atoms with Crippen LogP contribution in [-0.4, -0.2) is 0 Å². The number of anilines is 5. The van der Waals surface area contributed by atoms with Gasteiger partial charge in [0, 0.05) is 39.4 Å². The van der Waals surface area contributed by atoms with E-state index in [2.05, 4.69) is 324 Å². The number of benzene rings is 10. The number of allylic oxidation sites excluding steroid dienone is 4. The highest BCUT2D eigenvalue weighted by molar-refractivity contribution is 6.26. The van der Waals surface area contributed by atoms with E-state index in [1.807, 2.05) is 0 Å². The third kappa shape index (κ3) is 9.39. The molecule has 1 aliphatic carbocycles. The molecule has 11 aromatic rings. The lowest BCUT2D eigenvalue weighted by molar-refractivity contribution is 0.516. The molecule has 0 saturated carbocycles. The number of para-hydroxylation sites is 1. The number of hydrogen-bond acceptors (Lipinski definition) is 3. The van der Waals surface area contributed by atoms with Crippen molar-refractivity contribution in [1.82, 2.24) is 0 Å². The third-order valence-electron chi connectivity index (χ3n) is 17.5. The zero-order chi connectivity index (χ0) is 58.4. The maximum atomic E-state index is 7.53. The van der Waals surface area contributed by atoms with Crippen LogP contribution in [0.5, 0.6) is 0 Å². The molecule has 0 unspecified atom stereocenters. The fraction of sp³-hybridized carbons (Fsp3) is 0.225. The smallest absolute Gasteiger partial charge is 0.145 e. The molecule has 0 atom stereocenters. The van der Waals surface area contributed by atoms with E-state index in [-0.39, 0.29) is 21.7 Å². The fourth-order valence-electron chi connectivity index (χ4n) is 13.1. The van der Waals surface area contributed by atoms with Gasteiger partial charge in [0.25, 0.3) is 0 Å². The highest BCUT2D eigenvalue weighted by atomic mass is 16.3. The first-order valence-electron chi connectivity index (χ1n) is 29.6. The maximum Gasteiger partial charge on any atom is 0.145 e. The predicted octanol–water partition coefficient (Wildman–Crippen LogP) is 22.8. The summed E-state index contributed by atoms with van der Waals surface area (Å²) in [6.07, 6.45) is 6.68. The van der Waals surface area contributed by atoms with E-state index in [4.69, 9.17) is 11.0 Å². The van der Waals surface area contributed by atoms with Gasteiger partial charge in [-0.15, -0.1) is 0 Å². The molecule has 0 amide bonds. The Balaban J connectivity index is 1.22. The van der Waals surface area contributed by atoms with Gasteiger partial charge in [0.05, 0.1) is 16.5 Å². The van der Waals surface area contributed by atoms with Crippen molar-refractivity contribution in [2.24, 2.45) is 5.41 Å². The van der Waals surface area contributed by atoms with Crippen LogP contribution in [-0.2, 0) is 21.7 Å². The Kier molecular flexibility index (Phi) is 13.5. The van der Waals surface area contributed by atoms with Crippen LogP contribution in [0.3, 0.4) is 0 Å². The van der Waals surface area contributed by atoms with Crippen molar-refractivity contribution in [2.75, 3.05) is 9.80 Å². The molecule has 1 aromatic heterocycles. The van der Waals surface area contributed by atoms with Crippen molar-refractivity contribution < 1.29 is 4.42 Å². The van der Waals surface area contributed by atoms with E-state index in [1.54, 1.807) is 0 Å². The van der Waals surface area contributed by atoms with E-state index >= 15 is 0 Å². The molecule has 1 heterocycles. The Labute approximate surface area is 492 Å². The van der Waals surface area contributed by atoms with Crippen LogP contribution in [0.25, 0.3) is 54.6 Å². The van der Waals surface area contributed by atoms with Crippen LogP contribution in [0.2, 0.25) is 0 Å². The van der Waals surface area contributed by atoms with Gasteiger partial charge in [0.15, 0.2) is 0 Å². The minimum atomic E-state index is -0.840. The molecule has 3 nitrogen and oxygen atoms in total. The van der Waals surface area contributed by atoms with Crippen LogP contribution in [0.1, 0.15) is 129 Å². The third-order valence-corrected chi connectivity index (χ3v) is 17.5. The molecule has 1 aliphatic rings. The van der Waals surface area contributed by atoms with Crippen LogP contribution in [0, 0.1) is 5.41 Å². The predicted molar refractivity (Wildman–Crippen MR) is 357 cm³/mol. The molecule has 0 bridgehead atoms. The molecule has 414 valence electrons. The molecule has 0 N–H and O–H groups in total. The summed E-state index contributed by atoms with van der Waals surface area (Å²) in [4.78, 5) is 4.82. The van der Waals surface area contributed by atoms with Crippen LogP contribution in [0.4, 0.5) is 28.4 Å². The van der Waals surface area contributed by atoms with E-state index in [0.717, 1.165) is 67.2 Å². The first kappa shape index (κ1) is 54.9. The lowest BCUT2D eigenvalue weighted by Gasteiger charge is -2.36. The molecule has 10 aromatic carbocycles. The summed E-state index contributed by atoms with van der Waals surface area (Å²) in [6, 6.07) is 77.4. The van der Waals surface area contributed by atoms with E-state index < -0.39 is 5.41 Å². The Bertz CT molecular complexity index is 4240. The second-order valence-corrected chi connectivity index (χ2v) is 27.0. The largest absolute Gasteiger partial charge is 0.455 e. The SMILES string of the molecule is C=C(/C=C\C(=C/C)C(C)(C)C)N(c1ccc(C(C)(C)C)cc1)c1cc2c(c3oc4ccccc4c13)-c1c(c3ccc(N(c4ccc(C(C)(C)C)cc4)c4ccc(C(C)(C)C)cc4)cc3c3ccccc13)C2(c1ccccc1)c1ccccc1. The number of nitrogens with zero attached hydrogens (tertiary/aromatic N) is 2. The van der Waals surface area contributed by atoms with Gasteiger partial charge in [-0.1, -0.05) is 247 Å². The molecule has 12 rings (SSSR count). The molecule has 0 spiro atoms. The average molecular weight is 1080 g/mol. The standard InChI is InChI=1S/C80H78N2O/c1-15-53(76(3,4)5)35-34-52(2)81(59-42-36-54(37-43-59)77(6,7)8)69-51-68-73(75-71(69)66-32-24-25-33-70(66)83-75)72-64-31-23-22-30-63(64)67-50-62(48-49-65(67)74(72)80(68,57-26-18-16-19-27-57)58-28-20-17-21-29-58)82(60-44-38-55(39-45-60)78(9,10)11)61-46-40-56(41-47-61)79(12,13)14/h15-51H,2H2,1,3-14H3/b35-34-,53-15+.